The number of ketones is 3. The summed E-state index contributed by atoms with van der Waals surface area (Å²) in [6.07, 6.45) is 14.6. The third-order valence-electron chi connectivity index (χ3n) is 12.0. The van der Waals surface area contributed by atoms with Crippen LogP contribution in [-0.4, -0.2) is 164 Å². The summed E-state index contributed by atoms with van der Waals surface area (Å²) in [7, 11) is -15.9. The zero-order chi connectivity index (χ0) is 74.0. The molecule has 1 amide bonds. The Morgan fingerprint density at radius 2 is 0.779 bits per heavy atom. The molecule has 0 saturated heterocycles. The highest BCUT2D eigenvalue weighted by atomic mass is 35.6. The molecule has 0 aromatic carbocycles. The van der Waals surface area contributed by atoms with Crippen LogP contribution in [0.4, 0.5) is 0 Å². The number of thiazole rings is 4. The summed E-state index contributed by atoms with van der Waals surface area (Å²) in [5.41, 5.74) is 1.98. The van der Waals surface area contributed by atoms with Gasteiger partial charge in [0.1, 0.15) is 30.4 Å². The lowest BCUT2D eigenvalue weighted by atomic mass is 10.2. The standard InChI is InChI=1S/C14H27NO2S2Si2.C14H30O3Si2.C9H18ClNOS2Si2.C7H16ClNOSi.C6H16Cl2OSi2.C6H10ClNS2Si.C3H3NS2/c1-13(16)8-6-7-11-20(2,3)17-21(4,5)12-19-14-15-9-10-18-14;1-13(15)9-7-8-11-18(3,4)17-19(5,6)12-10-14(2)16;1-15(2,7-10)12-16(3,4)8-14-9-11-5-6-13-9;1-7(10)9-5-4-6-11(2,3)8;1-10(2,5-7)9-11(3,4)6-8;1-11(2,7)5-10-6-8-3-4-9-6;5-3-4-1-2-6-3/h9-10H,6-8,11-12H2,1-5H3;7-12H2,1-6H3;5-6H,7-8H2,1-4H3;4-6H2,1-3H3,(H,9,10);5-6H2,1-4H3;3-4H,5H2,1-2H3;1-2H,(H,4,5). The van der Waals surface area contributed by atoms with Crippen LogP contribution in [0.15, 0.2) is 59.3 Å². The van der Waals surface area contributed by atoms with Crippen LogP contribution < -0.4 is 5.32 Å². The number of rotatable bonds is 37. The zero-order valence-corrected chi connectivity index (χ0v) is 82.1. The lowest BCUT2D eigenvalue weighted by Crippen LogP contribution is -2.47. The van der Waals surface area contributed by atoms with Crippen LogP contribution in [0, 0.1) is 3.95 Å². The first-order chi connectivity index (χ1) is 43.3. The molecular formula is C59H120Cl5N5O8S8Si10. The van der Waals surface area contributed by atoms with Crippen molar-refractivity contribution >= 4 is 254 Å². The third kappa shape index (κ3) is 68.6. The third-order valence-corrected chi connectivity index (χ3v) is 60.8. The predicted octanol–water partition coefficient (Wildman–Crippen LogP) is 23.0. The Morgan fingerprint density at radius 1 is 0.442 bits per heavy atom. The molecule has 0 aliphatic carbocycles. The van der Waals surface area contributed by atoms with Gasteiger partial charge in [0.25, 0.3) is 0 Å². The maximum absolute atomic E-state index is 11.1. The number of alkyl halides is 3. The Kier molecular flexibility index (Phi) is 55.1. The van der Waals surface area contributed by atoms with Crippen molar-refractivity contribution in [2.75, 3.05) is 39.2 Å². The largest absolute Gasteiger partial charge is 0.455 e. The van der Waals surface area contributed by atoms with Gasteiger partial charge in [0.05, 0.1) is 0 Å². The topological polar surface area (TPSA) is 172 Å². The molecule has 552 valence electrons. The minimum absolute atomic E-state index is 0.0408. The van der Waals surface area contributed by atoms with Gasteiger partial charge in [-0.1, -0.05) is 74.3 Å². The van der Waals surface area contributed by atoms with E-state index in [2.05, 4.69) is 156 Å². The molecule has 95 heavy (non-hydrogen) atoms. The minimum atomic E-state index is -1.71. The highest BCUT2D eigenvalue weighted by molar-refractivity contribution is 8.03. The van der Waals surface area contributed by atoms with Crippen LogP contribution in [0.3, 0.4) is 0 Å². The minimum Gasteiger partial charge on any atom is -0.455 e. The van der Waals surface area contributed by atoms with Gasteiger partial charge >= 0.3 is 0 Å². The van der Waals surface area contributed by atoms with E-state index in [1.54, 1.807) is 66.5 Å². The first kappa shape index (κ1) is 101. The van der Waals surface area contributed by atoms with E-state index in [0.29, 0.717) is 41.6 Å². The summed E-state index contributed by atoms with van der Waals surface area (Å²) in [6.45, 7) is 51.3. The molecule has 4 aromatic rings. The highest BCUT2D eigenvalue weighted by Crippen LogP contribution is 2.31. The van der Waals surface area contributed by atoms with E-state index in [1.165, 1.54) is 18.3 Å². The second kappa shape index (κ2) is 51.8. The zero-order valence-electron chi connectivity index (χ0n) is 61.8. The number of hydrogen-bond acceptors (Lipinski definition) is 19. The van der Waals surface area contributed by atoms with Gasteiger partial charge in [0.15, 0.2) is 85.3 Å². The summed E-state index contributed by atoms with van der Waals surface area (Å²) in [5, 5.41) is 13.8. The molecule has 0 saturated carbocycles. The smallest absolute Gasteiger partial charge is 0.216 e. The number of nitrogens with zero attached hydrogens (tertiary/aromatic N) is 3. The van der Waals surface area contributed by atoms with Crippen molar-refractivity contribution in [3.8, 4) is 0 Å². The van der Waals surface area contributed by atoms with Crippen LogP contribution in [0.5, 0.6) is 0 Å². The van der Waals surface area contributed by atoms with Crippen molar-refractivity contribution < 1.29 is 35.6 Å². The van der Waals surface area contributed by atoms with E-state index >= 15 is 0 Å². The van der Waals surface area contributed by atoms with Crippen molar-refractivity contribution in [2.45, 2.75) is 247 Å². The second-order valence-electron chi connectivity index (χ2n) is 29.0. The van der Waals surface area contributed by atoms with Gasteiger partial charge in [-0.3, -0.25) is 4.79 Å². The molecule has 36 heteroatoms. The maximum atomic E-state index is 11.1. The summed E-state index contributed by atoms with van der Waals surface area (Å²) >= 11 is 46.4. The first-order valence-electron chi connectivity index (χ1n) is 32.1. The number of Topliss-reactive ketones (excluding diaryl/α,β-unsaturated/α-hetero) is 3. The Balaban J connectivity index is -0.00000107. The van der Waals surface area contributed by atoms with Gasteiger partial charge in [-0.25, -0.2) is 15.0 Å². The monoisotopic (exact) mass is 1740 g/mol. The first-order valence-corrected chi connectivity index (χ1v) is 73.9. The molecule has 0 aliphatic heterocycles. The number of H-pyrrole nitrogens is 1. The Morgan fingerprint density at radius 3 is 1.05 bits per heavy atom. The molecule has 0 radical (unpaired) electrons. The molecule has 0 unspecified atom stereocenters. The van der Waals surface area contributed by atoms with Crippen molar-refractivity contribution in [1.29, 1.82) is 0 Å². The van der Waals surface area contributed by atoms with E-state index in [9.17, 15) is 19.2 Å². The summed E-state index contributed by atoms with van der Waals surface area (Å²) in [4.78, 5) is 59.0. The van der Waals surface area contributed by atoms with Crippen LogP contribution in [0.25, 0.3) is 0 Å². The summed E-state index contributed by atoms with van der Waals surface area (Å²) < 4.78 is 29.5. The number of hydrogen-bond donors (Lipinski definition) is 2. The molecule has 0 bridgehead atoms. The number of halogens is 5. The van der Waals surface area contributed by atoms with Crippen molar-refractivity contribution in [3.05, 3.63) is 50.3 Å². The lowest BCUT2D eigenvalue weighted by Gasteiger charge is -2.34. The number of carbonyl (C=O) groups excluding carboxylic acids is 4. The SMILES string of the molecule is CC(=O)CCCC[Si](C)(C)O[Si](C)(C)CCC(C)=O.CC(=O)CCCC[Si](C)(C)O[Si](C)(C)CSc1nccs1.CC(=O)NCCC[Si](C)(C)Cl.C[Si](C)(CCl)O[Si](C)(C)CCl.C[Si](C)(CCl)O[Si](C)(C)CSc1nccs1.C[Si](C)(Cl)CSc1nccs1.S=c1[nH]ccs1. The number of carbonyl (C=O) groups is 4. The fourth-order valence-corrected chi connectivity index (χ4v) is 52.7. The van der Waals surface area contributed by atoms with E-state index in [0.717, 1.165) is 95.9 Å². The van der Waals surface area contributed by atoms with E-state index in [1.807, 2.05) is 69.8 Å². The van der Waals surface area contributed by atoms with Gasteiger partial charge in [0, 0.05) is 112 Å². The number of unbranched alkanes of at least 4 members (excludes halogenated alkanes) is 2. The quantitative estimate of drug-likeness (QED) is 0.0109. The molecule has 4 heterocycles. The van der Waals surface area contributed by atoms with Gasteiger partial charge in [-0.2, -0.15) is 22.2 Å². The van der Waals surface area contributed by atoms with E-state index in [4.69, 9.17) is 85.6 Å². The van der Waals surface area contributed by atoms with Crippen LogP contribution >= 0.6 is 150 Å². The Hall–Kier alpha value is 1.73. The van der Waals surface area contributed by atoms with Gasteiger partial charge in [0.2, 0.25) is 5.91 Å². The molecule has 0 spiro atoms. The molecular weight excluding hydrogens is 1620 g/mol. The lowest BCUT2D eigenvalue weighted by molar-refractivity contribution is -0.119. The Labute approximate surface area is 644 Å². The van der Waals surface area contributed by atoms with Gasteiger partial charge in [-0.05, 0) is 181 Å². The average molecular weight is 1740 g/mol. The van der Waals surface area contributed by atoms with E-state index in [-0.39, 0.29) is 17.5 Å². The molecule has 0 aliphatic rings. The molecule has 0 fully saturated rings. The van der Waals surface area contributed by atoms with Crippen molar-refractivity contribution in [1.82, 2.24) is 25.3 Å². The maximum Gasteiger partial charge on any atom is 0.216 e. The van der Waals surface area contributed by atoms with Crippen molar-refractivity contribution in [3.63, 3.8) is 0 Å². The van der Waals surface area contributed by atoms with Gasteiger partial charge in [-0.15, -0.1) is 80.1 Å². The summed E-state index contributed by atoms with van der Waals surface area (Å²) in [5.74, 6) is 0.866. The number of aromatic nitrogens is 4. The number of amides is 1. The molecule has 0 atom stereocenters. The second-order valence-corrected chi connectivity index (χ2v) is 89.2. The van der Waals surface area contributed by atoms with Crippen LogP contribution in [-0.2, 0) is 35.6 Å². The summed E-state index contributed by atoms with van der Waals surface area (Å²) in [6, 6.07) is 4.25. The van der Waals surface area contributed by atoms with Crippen LogP contribution in [0.2, 0.25) is 155 Å². The number of nitrogens with one attached hydrogen (secondary N) is 2. The molecule has 4 aromatic heterocycles. The van der Waals surface area contributed by atoms with Crippen LogP contribution in [0.1, 0.15) is 79.1 Å². The van der Waals surface area contributed by atoms with E-state index < -0.39 is 81.3 Å². The predicted molar refractivity (Wildman–Crippen MR) is 458 cm³/mol. The fraction of sp³-hybridized carbons (Fsp3) is 0.729. The fourth-order valence-electron chi connectivity index (χ4n) is 8.17. The number of thioether (sulfide) groups is 3. The Bertz CT molecular complexity index is 2670. The molecule has 4 rings (SSSR count). The van der Waals surface area contributed by atoms with Gasteiger partial charge < -0.3 is 41.1 Å². The average Bonchev–Trinajstić information content (AvgIpc) is 1.94. The normalized spacial score (nSPS) is 12.3. The number of aromatic amines is 1. The molecule has 13 nitrogen and oxygen atoms in total. The molecule has 2 N–H and O–H groups in total. The highest BCUT2D eigenvalue weighted by Gasteiger charge is 2.36. The van der Waals surface area contributed by atoms with Crippen molar-refractivity contribution in [2.24, 2.45) is 0 Å².